The van der Waals surface area contributed by atoms with Crippen LogP contribution >= 0.6 is 0 Å². The molecule has 118 valence electrons. The van der Waals surface area contributed by atoms with E-state index < -0.39 is 9.84 Å². The van der Waals surface area contributed by atoms with Gasteiger partial charge in [0.15, 0.2) is 9.84 Å². The summed E-state index contributed by atoms with van der Waals surface area (Å²) in [7, 11) is -3.27. The van der Waals surface area contributed by atoms with E-state index in [-0.39, 0.29) is 17.9 Å². The maximum Gasteiger partial charge on any atom is 0.180 e. The van der Waals surface area contributed by atoms with Gasteiger partial charge in [0.1, 0.15) is 0 Å². The monoisotopic (exact) mass is 311 g/mol. The van der Waals surface area contributed by atoms with Crippen LogP contribution in [0.2, 0.25) is 0 Å². The highest BCUT2D eigenvalue weighted by Crippen LogP contribution is 2.33. The summed E-state index contributed by atoms with van der Waals surface area (Å²) in [6.45, 7) is 1.90. The average Bonchev–Trinajstić information content (AvgIpc) is 2.48. The number of nitrogens with one attached hydrogen (secondary N) is 1. The number of aliphatic hydroxyl groups excluding tert-OH is 1. The molecule has 2 rings (SSSR count). The minimum absolute atomic E-state index is 0.0369. The van der Waals surface area contributed by atoms with Crippen LogP contribution in [0.15, 0.2) is 29.2 Å². The lowest BCUT2D eigenvalue weighted by atomic mass is 9.82. The summed E-state index contributed by atoms with van der Waals surface area (Å²) < 4.78 is 24.8. The Balaban J connectivity index is 2.32. The van der Waals surface area contributed by atoms with Gasteiger partial charge in [0.05, 0.1) is 28.5 Å². The number of hydrogen-bond donors (Lipinski definition) is 2. The Bertz CT molecular complexity index is 563. The van der Waals surface area contributed by atoms with Crippen LogP contribution < -0.4 is 5.32 Å². The van der Waals surface area contributed by atoms with Gasteiger partial charge in [-0.3, -0.25) is 0 Å². The summed E-state index contributed by atoms with van der Waals surface area (Å²) in [6.07, 6.45) is 5.67. The third-order valence-corrected chi connectivity index (χ3v) is 6.18. The predicted octanol–water partition coefficient (Wildman–Crippen LogP) is 2.98. The number of anilines is 1. The number of rotatable bonds is 6. The Labute approximate surface area is 127 Å². The molecule has 21 heavy (non-hydrogen) atoms. The fraction of sp³-hybridized carbons (Fsp3) is 0.625. The van der Waals surface area contributed by atoms with Crippen LogP contribution in [0.3, 0.4) is 0 Å². The molecule has 0 atom stereocenters. The van der Waals surface area contributed by atoms with Crippen LogP contribution in [0.25, 0.3) is 0 Å². The van der Waals surface area contributed by atoms with Gasteiger partial charge < -0.3 is 10.4 Å². The Kier molecular flexibility index (Phi) is 5.27. The van der Waals surface area contributed by atoms with Crippen molar-refractivity contribution in [2.24, 2.45) is 0 Å². The Morgan fingerprint density at radius 2 is 1.86 bits per heavy atom. The molecule has 0 bridgehead atoms. The molecule has 0 saturated heterocycles. The third-order valence-electron chi connectivity index (χ3n) is 4.21. The predicted molar refractivity (Wildman–Crippen MR) is 85.3 cm³/mol. The molecule has 0 spiro atoms. The second-order valence-corrected chi connectivity index (χ2v) is 8.02. The zero-order valence-electron chi connectivity index (χ0n) is 12.6. The molecule has 0 unspecified atom stereocenters. The summed E-state index contributed by atoms with van der Waals surface area (Å²) in [4.78, 5) is 0.352. The van der Waals surface area contributed by atoms with Gasteiger partial charge in [-0.1, -0.05) is 38.3 Å². The van der Waals surface area contributed by atoms with Gasteiger partial charge in [-0.25, -0.2) is 8.42 Å². The van der Waals surface area contributed by atoms with E-state index in [0.717, 1.165) is 25.7 Å². The first-order chi connectivity index (χ1) is 10.0. The van der Waals surface area contributed by atoms with Crippen LogP contribution in [-0.2, 0) is 9.84 Å². The molecule has 4 nitrogen and oxygen atoms in total. The maximum atomic E-state index is 12.4. The topological polar surface area (TPSA) is 66.4 Å². The summed E-state index contributed by atoms with van der Waals surface area (Å²) >= 11 is 0. The fourth-order valence-corrected chi connectivity index (χ4v) is 4.55. The van der Waals surface area contributed by atoms with Crippen LogP contribution in [0, 0.1) is 0 Å². The van der Waals surface area contributed by atoms with Gasteiger partial charge in [-0.2, -0.15) is 0 Å². The molecule has 0 amide bonds. The van der Waals surface area contributed by atoms with E-state index in [9.17, 15) is 13.5 Å². The van der Waals surface area contributed by atoms with Crippen molar-refractivity contribution in [3.05, 3.63) is 24.3 Å². The lowest BCUT2D eigenvalue weighted by Crippen LogP contribution is -2.44. The molecular formula is C16H25NO3S. The molecule has 5 heteroatoms. The Hall–Kier alpha value is -1.07. The highest BCUT2D eigenvalue weighted by atomic mass is 32.2. The fourth-order valence-electron chi connectivity index (χ4n) is 3.06. The Morgan fingerprint density at radius 1 is 1.19 bits per heavy atom. The largest absolute Gasteiger partial charge is 0.394 e. The second kappa shape index (κ2) is 6.79. The van der Waals surface area contributed by atoms with Crippen LogP contribution in [0.5, 0.6) is 0 Å². The van der Waals surface area contributed by atoms with Crippen molar-refractivity contribution in [3.8, 4) is 0 Å². The molecule has 0 radical (unpaired) electrons. The molecule has 0 aliphatic heterocycles. The first-order valence-electron chi connectivity index (χ1n) is 7.74. The van der Waals surface area contributed by atoms with Crippen molar-refractivity contribution in [2.75, 3.05) is 17.7 Å². The lowest BCUT2D eigenvalue weighted by molar-refractivity contribution is 0.172. The SMILES string of the molecule is CCCS(=O)(=O)c1ccccc1NC1(CO)CCCCC1. The zero-order chi connectivity index (χ0) is 15.3. The van der Waals surface area contributed by atoms with E-state index in [0.29, 0.717) is 17.0 Å². The van der Waals surface area contributed by atoms with Crippen LogP contribution in [-0.4, -0.2) is 31.4 Å². The van der Waals surface area contributed by atoms with Gasteiger partial charge in [-0.15, -0.1) is 0 Å². The van der Waals surface area contributed by atoms with Gasteiger partial charge in [0.25, 0.3) is 0 Å². The quantitative estimate of drug-likeness (QED) is 0.847. The molecule has 2 N–H and O–H groups in total. The van der Waals surface area contributed by atoms with E-state index in [2.05, 4.69) is 5.32 Å². The third kappa shape index (κ3) is 3.77. The Morgan fingerprint density at radius 3 is 2.48 bits per heavy atom. The van der Waals surface area contributed by atoms with E-state index in [1.165, 1.54) is 6.42 Å². The molecular weight excluding hydrogens is 286 g/mol. The second-order valence-electron chi connectivity index (χ2n) is 5.94. The first-order valence-corrected chi connectivity index (χ1v) is 9.39. The first kappa shape index (κ1) is 16.3. The maximum absolute atomic E-state index is 12.4. The molecule has 1 fully saturated rings. The number of benzene rings is 1. The molecule has 1 aliphatic carbocycles. The van der Waals surface area contributed by atoms with Crippen LogP contribution in [0.4, 0.5) is 5.69 Å². The summed E-state index contributed by atoms with van der Waals surface area (Å²) in [5.41, 5.74) is 0.248. The standard InChI is InChI=1S/C16H25NO3S/c1-2-12-21(19,20)15-9-5-4-8-14(15)17-16(13-18)10-6-3-7-11-16/h4-5,8-9,17-18H,2-3,6-7,10-13H2,1H3. The van der Waals surface area contributed by atoms with Crippen molar-refractivity contribution < 1.29 is 13.5 Å². The van der Waals surface area contributed by atoms with Gasteiger partial charge in [0.2, 0.25) is 0 Å². The number of para-hydroxylation sites is 1. The van der Waals surface area contributed by atoms with Crippen molar-refractivity contribution >= 4 is 15.5 Å². The number of hydrogen-bond acceptors (Lipinski definition) is 4. The van der Waals surface area contributed by atoms with Crippen molar-refractivity contribution in [1.82, 2.24) is 0 Å². The highest BCUT2D eigenvalue weighted by molar-refractivity contribution is 7.91. The average molecular weight is 311 g/mol. The van der Waals surface area contributed by atoms with Crippen molar-refractivity contribution in [2.45, 2.75) is 55.9 Å². The van der Waals surface area contributed by atoms with Gasteiger partial charge >= 0.3 is 0 Å². The molecule has 0 heterocycles. The normalized spacial score (nSPS) is 18.4. The summed E-state index contributed by atoms with van der Waals surface area (Å²) in [5.74, 6) is 0.151. The number of aliphatic hydroxyl groups is 1. The smallest absolute Gasteiger partial charge is 0.180 e. The lowest BCUT2D eigenvalue weighted by Gasteiger charge is -2.38. The van der Waals surface area contributed by atoms with E-state index in [1.54, 1.807) is 18.2 Å². The van der Waals surface area contributed by atoms with E-state index in [4.69, 9.17) is 0 Å². The number of sulfone groups is 1. The van der Waals surface area contributed by atoms with E-state index in [1.807, 2.05) is 13.0 Å². The molecule has 1 aliphatic rings. The zero-order valence-corrected chi connectivity index (χ0v) is 13.5. The van der Waals surface area contributed by atoms with Gasteiger partial charge in [-0.05, 0) is 31.4 Å². The highest BCUT2D eigenvalue weighted by Gasteiger charge is 2.32. The minimum Gasteiger partial charge on any atom is -0.394 e. The summed E-state index contributed by atoms with van der Waals surface area (Å²) in [5, 5.41) is 13.1. The molecule has 1 aromatic carbocycles. The minimum atomic E-state index is -3.27. The van der Waals surface area contributed by atoms with Gasteiger partial charge in [0, 0.05) is 0 Å². The molecule has 0 aromatic heterocycles. The summed E-state index contributed by atoms with van der Waals surface area (Å²) in [6, 6.07) is 7.04. The van der Waals surface area contributed by atoms with Crippen molar-refractivity contribution in [1.29, 1.82) is 0 Å². The van der Waals surface area contributed by atoms with E-state index >= 15 is 0 Å². The molecule has 1 aromatic rings. The molecule has 1 saturated carbocycles. The van der Waals surface area contributed by atoms with Crippen LogP contribution in [0.1, 0.15) is 45.4 Å². The van der Waals surface area contributed by atoms with Crippen molar-refractivity contribution in [3.63, 3.8) is 0 Å².